The first kappa shape index (κ1) is 23.2. The number of aromatic amines is 3. The Morgan fingerprint density at radius 3 is 2.14 bits per heavy atom. The van der Waals surface area contributed by atoms with Gasteiger partial charge < -0.3 is 24.3 Å². The molecule has 3 heterocycles. The lowest BCUT2D eigenvalue weighted by Crippen LogP contribution is -2.53. The number of aromatic nitrogens is 4. The number of nitrogens with one attached hydrogen (secondary N) is 3. The first-order valence-electron chi connectivity index (χ1n) is 10.9. The third-order valence-corrected chi connectivity index (χ3v) is 5.65. The van der Waals surface area contributed by atoms with Crippen molar-refractivity contribution in [3.05, 3.63) is 98.5 Å². The normalized spacial score (nSPS) is 21.7. The summed E-state index contributed by atoms with van der Waals surface area (Å²) in [4.78, 5) is 60.5. The van der Waals surface area contributed by atoms with Crippen LogP contribution in [-0.2, 0) is 14.2 Å². The third kappa shape index (κ3) is 4.54. The Hall–Kier alpha value is -4.55. The van der Waals surface area contributed by atoms with E-state index < -0.39 is 47.6 Å². The minimum absolute atomic E-state index is 0.0232. The Bertz CT molecular complexity index is 1510. The van der Waals surface area contributed by atoms with E-state index in [4.69, 9.17) is 14.2 Å². The van der Waals surface area contributed by atoms with Crippen LogP contribution in [0.15, 0.2) is 70.3 Å². The van der Waals surface area contributed by atoms with Gasteiger partial charge in [0.05, 0.1) is 17.7 Å². The molecular weight excluding hydrogens is 472 g/mol. The Balaban J connectivity index is 1.46. The highest BCUT2D eigenvalue weighted by molar-refractivity contribution is 5.90. The van der Waals surface area contributed by atoms with Gasteiger partial charge in [0.2, 0.25) is 0 Å². The fourth-order valence-corrected chi connectivity index (χ4v) is 3.88. The molecule has 4 atom stereocenters. The van der Waals surface area contributed by atoms with Gasteiger partial charge in [0.25, 0.3) is 5.56 Å². The zero-order valence-electron chi connectivity index (χ0n) is 18.5. The first-order valence-corrected chi connectivity index (χ1v) is 10.9. The number of carbonyl (C=O) groups excluding carboxylic acids is 2. The predicted molar refractivity (Wildman–Crippen MR) is 123 cm³/mol. The predicted octanol–water partition coefficient (Wildman–Crippen LogP) is 0.823. The van der Waals surface area contributed by atoms with E-state index in [-0.39, 0.29) is 34.7 Å². The quantitative estimate of drug-likeness (QED) is 0.294. The molecule has 2 aromatic heterocycles. The van der Waals surface area contributed by atoms with Gasteiger partial charge in [-0.05, 0) is 24.3 Å². The highest BCUT2D eigenvalue weighted by Gasteiger charge is 2.46. The summed E-state index contributed by atoms with van der Waals surface area (Å²) in [5.41, 5.74) is -1.05. The number of aliphatic hydroxyl groups is 1. The highest BCUT2D eigenvalue weighted by atomic mass is 16.6. The SMILES string of the molecule is O=C(O[C@@H]1[C@H](O)[C@H](OC(=O)c2ccccc2)CO[C@H]1c1nc2[nH]c(=O)[nH]c(=O)c2[nH]1)c1ccccc1. The van der Waals surface area contributed by atoms with Crippen molar-refractivity contribution in [3.8, 4) is 0 Å². The molecule has 12 heteroatoms. The van der Waals surface area contributed by atoms with Crippen LogP contribution in [-0.4, -0.2) is 61.9 Å². The molecule has 0 saturated carbocycles. The van der Waals surface area contributed by atoms with Gasteiger partial charge in [-0.1, -0.05) is 36.4 Å². The monoisotopic (exact) mass is 492 g/mol. The molecule has 0 unspecified atom stereocenters. The van der Waals surface area contributed by atoms with E-state index in [1.165, 1.54) is 12.1 Å². The molecule has 1 saturated heterocycles. The summed E-state index contributed by atoms with van der Waals surface area (Å²) < 4.78 is 16.9. The van der Waals surface area contributed by atoms with Gasteiger partial charge in [0.15, 0.2) is 24.0 Å². The van der Waals surface area contributed by atoms with Gasteiger partial charge in [-0.15, -0.1) is 0 Å². The molecule has 0 radical (unpaired) electrons. The smallest absolute Gasteiger partial charge is 0.338 e. The average molecular weight is 492 g/mol. The van der Waals surface area contributed by atoms with Crippen LogP contribution in [0.25, 0.3) is 11.2 Å². The van der Waals surface area contributed by atoms with Crippen molar-refractivity contribution in [3.63, 3.8) is 0 Å². The van der Waals surface area contributed by atoms with Gasteiger partial charge in [-0.25, -0.2) is 19.4 Å². The van der Waals surface area contributed by atoms with Crippen molar-refractivity contribution in [1.82, 2.24) is 19.9 Å². The molecule has 4 aromatic rings. The largest absolute Gasteiger partial charge is 0.453 e. The van der Waals surface area contributed by atoms with Crippen molar-refractivity contribution < 1.29 is 28.9 Å². The lowest BCUT2D eigenvalue weighted by Gasteiger charge is -2.38. The number of imidazole rings is 1. The number of ether oxygens (including phenoxy) is 3. The van der Waals surface area contributed by atoms with E-state index in [2.05, 4.69) is 19.9 Å². The van der Waals surface area contributed by atoms with Crippen molar-refractivity contribution in [2.75, 3.05) is 6.61 Å². The molecule has 184 valence electrons. The number of carbonyl (C=O) groups is 2. The van der Waals surface area contributed by atoms with Crippen LogP contribution in [0.3, 0.4) is 0 Å². The summed E-state index contributed by atoms with van der Waals surface area (Å²) in [7, 11) is 0. The molecule has 5 rings (SSSR count). The Morgan fingerprint density at radius 1 is 0.889 bits per heavy atom. The summed E-state index contributed by atoms with van der Waals surface area (Å²) in [6.45, 7) is -0.256. The van der Waals surface area contributed by atoms with Crippen molar-refractivity contribution >= 4 is 23.1 Å². The third-order valence-electron chi connectivity index (χ3n) is 5.65. The summed E-state index contributed by atoms with van der Waals surface area (Å²) >= 11 is 0. The van der Waals surface area contributed by atoms with Crippen LogP contribution in [0.5, 0.6) is 0 Å². The van der Waals surface area contributed by atoms with E-state index in [1.54, 1.807) is 48.5 Å². The molecule has 0 amide bonds. The van der Waals surface area contributed by atoms with E-state index in [0.29, 0.717) is 0 Å². The Kier molecular flexibility index (Phi) is 6.19. The lowest BCUT2D eigenvalue weighted by molar-refractivity contribution is -0.192. The molecule has 0 aliphatic carbocycles. The number of aliphatic hydroxyl groups excluding tert-OH is 1. The van der Waals surface area contributed by atoms with E-state index in [9.17, 15) is 24.3 Å². The first-order chi connectivity index (χ1) is 17.4. The van der Waals surface area contributed by atoms with Crippen LogP contribution in [0.1, 0.15) is 32.6 Å². The topological polar surface area (TPSA) is 176 Å². The average Bonchev–Trinajstić information content (AvgIpc) is 3.31. The Labute approximate surface area is 201 Å². The summed E-state index contributed by atoms with van der Waals surface area (Å²) in [5.74, 6) is -1.43. The maximum atomic E-state index is 12.8. The zero-order valence-corrected chi connectivity index (χ0v) is 18.5. The van der Waals surface area contributed by atoms with Crippen molar-refractivity contribution in [2.45, 2.75) is 24.4 Å². The molecular formula is C24H20N4O8. The van der Waals surface area contributed by atoms with Crippen LogP contribution < -0.4 is 11.2 Å². The second kappa shape index (κ2) is 9.60. The number of fused-ring (bicyclic) bond motifs is 1. The zero-order chi connectivity index (χ0) is 25.2. The Morgan fingerprint density at radius 2 is 1.50 bits per heavy atom. The molecule has 0 spiro atoms. The number of nitrogens with zero attached hydrogens (tertiary/aromatic N) is 1. The fraction of sp³-hybridized carbons (Fsp3) is 0.208. The minimum Gasteiger partial charge on any atom is -0.453 e. The summed E-state index contributed by atoms with van der Waals surface area (Å²) in [6, 6.07) is 16.3. The number of benzene rings is 2. The summed E-state index contributed by atoms with van der Waals surface area (Å²) in [5, 5.41) is 11.1. The van der Waals surface area contributed by atoms with Gasteiger partial charge in [0, 0.05) is 0 Å². The molecule has 1 aliphatic heterocycles. The molecule has 4 N–H and O–H groups in total. The van der Waals surface area contributed by atoms with Crippen molar-refractivity contribution in [2.24, 2.45) is 0 Å². The number of hydrogen-bond donors (Lipinski definition) is 4. The van der Waals surface area contributed by atoms with Gasteiger partial charge in [-0.3, -0.25) is 14.8 Å². The molecule has 12 nitrogen and oxygen atoms in total. The van der Waals surface area contributed by atoms with Gasteiger partial charge >= 0.3 is 17.6 Å². The number of H-pyrrole nitrogens is 3. The standard InChI is InChI=1S/C24H20N4O8/c29-16-14(35-22(31)12-7-3-1-4-8-12)11-34-18(17(16)36-23(32)13-9-5-2-6-10-13)20-25-15-19(26-20)27-24(33)28-21(15)30/h1-10,14,16-18,29H,11H2,(H3,25,26,27,28,30,33)/t14-,16-,17-,18-/m1/s1. The van der Waals surface area contributed by atoms with E-state index in [1.807, 2.05) is 0 Å². The van der Waals surface area contributed by atoms with Crippen LogP contribution in [0.2, 0.25) is 0 Å². The highest BCUT2D eigenvalue weighted by Crippen LogP contribution is 2.32. The fourth-order valence-electron chi connectivity index (χ4n) is 3.88. The van der Waals surface area contributed by atoms with E-state index >= 15 is 0 Å². The van der Waals surface area contributed by atoms with E-state index in [0.717, 1.165) is 0 Å². The van der Waals surface area contributed by atoms with Gasteiger partial charge in [-0.2, -0.15) is 0 Å². The molecule has 36 heavy (non-hydrogen) atoms. The maximum absolute atomic E-state index is 12.8. The van der Waals surface area contributed by atoms with Crippen LogP contribution in [0, 0.1) is 0 Å². The summed E-state index contributed by atoms with van der Waals surface area (Å²) in [6.07, 6.45) is -5.23. The second-order valence-corrected chi connectivity index (χ2v) is 8.04. The van der Waals surface area contributed by atoms with Crippen molar-refractivity contribution in [1.29, 1.82) is 0 Å². The molecule has 1 fully saturated rings. The number of hydrogen-bond acceptors (Lipinski definition) is 9. The number of esters is 2. The van der Waals surface area contributed by atoms with Crippen LogP contribution >= 0.6 is 0 Å². The molecule has 0 bridgehead atoms. The lowest BCUT2D eigenvalue weighted by atomic mass is 9.98. The number of rotatable bonds is 5. The van der Waals surface area contributed by atoms with Gasteiger partial charge in [0.1, 0.15) is 17.4 Å². The maximum Gasteiger partial charge on any atom is 0.338 e. The second-order valence-electron chi connectivity index (χ2n) is 8.04. The molecule has 1 aliphatic rings. The minimum atomic E-state index is -1.50. The molecule has 2 aromatic carbocycles. The van der Waals surface area contributed by atoms with Crippen LogP contribution in [0.4, 0.5) is 0 Å².